The Morgan fingerprint density at radius 2 is 2.00 bits per heavy atom. The van der Waals surface area contributed by atoms with Crippen molar-refractivity contribution in [2.75, 3.05) is 52.1 Å². The molecule has 1 aliphatic heterocycles. The molecule has 10 nitrogen and oxygen atoms in total. The van der Waals surface area contributed by atoms with Crippen LogP contribution in [0.2, 0.25) is 0 Å². The van der Waals surface area contributed by atoms with Crippen LogP contribution in [0.15, 0.2) is 6.20 Å². The van der Waals surface area contributed by atoms with Crippen LogP contribution in [-0.4, -0.2) is 73.5 Å². The van der Waals surface area contributed by atoms with E-state index in [0.717, 1.165) is 25.7 Å². The summed E-state index contributed by atoms with van der Waals surface area (Å²) in [6.45, 7) is 2.90. The minimum absolute atomic E-state index is 0.146. The van der Waals surface area contributed by atoms with Gasteiger partial charge >= 0.3 is 6.09 Å². The molecular weight excluding hydrogens is 358 g/mol. The number of hydrogen-bond acceptors (Lipinski definition) is 7. The van der Waals surface area contributed by atoms with Gasteiger partial charge in [0.15, 0.2) is 5.79 Å². The largest absolute Gasteiger partial charge is 0.473 e. The van der Waals surface area contributed by atoms with Crippen LogP contribution in [0.5, 0.6) is 5.88 Å². The van der Waals surface area contributed by atoms with E-state index in [1.807, 2.05) is 0 Å². The Balaban J connectivity index is 1.57. The topological polar surface area (TPSA) is 113 Å². The Morgan fingerprint density at radius 3 is 2.67 bits per heavy atom. The molecule has 1 saturated heterocycles. The average Bonchev–Trinajstić information content (AvgIpc) is 3.26. The fraction of sp³-hybridized carbons (Fsp3) is 0.765. The summed E-state index contributed by atoms with van der Waals surface area (Å²) in [5.41, 5.74) is 0.327. The predicted octanol–water partition coefficient (Wildman–Crippen LogP) is 1.87. The molecule has 2 fully saturated rings. The first kappa shape index (κ1) is 19.9. The van der Waals surface area contributed by atoms with Crippen LogP contribution in [-0.2, 0) is 18.9 Å². The summed E-state index contributed by atoms with van der Waals surface area (Å²) in [4.78, 5) is 11.0. The summed E-state index contributed by atoms with van der Waals surface area (Å²) < 4.78 is 29.1. The average molecular weight is 385 g/mol. The highest BCUT2D eigenvalue weighted by Gasteiger charge is 2.41. The van der Waals surface area contributed by atoms with E-state index < -0.39 is 11.9 Å². The second-order valence-corrected chi connectivity index (χ2v) is 6.55. The van der Waals surface area contributed by atoms with Crippen LogP contribution in [0.25, 0.3) is 0 Å². The Bertz CT molecular complexity index is 606. The fourth-order valence-corrected chi connectivity index (χ4v) is 3.40. The normalized spacial score (nSPS) is 19.4. The second kappa shape index (κ2) is 9.36. The molecule has 0 radical (unpaired) electrons. The molecule has 2 N–H and O–H groups in total. The lowest BCUT2D eigenvalue weighted by Gasteiger charge is -2.35. The van der Waals surface area contributed by atoms with Gasteiger partial charge in [-0.25, -0.2) is 4.79 Å². The molecule has 3 rings (SSSR count). The van der Waals surface area contributed by atoms with E-state index in [9.17, 15) is 4.79 Å². The SMILES string of the molecule is COCCOCCOc1nn(C2CCC3(CC2)OCCO3)cc1NC(=O)O. The van der Waals surface area contributed by atoms with Crippen LogP contribution in [0.4, 0.5) is 10.5 Å². The standard InChI is InChI=1S/C17H27N3O7/c1-23-6-7-24-8-9-25-15-14(18-16(21)22)12-20(19-15)13-2-4-17(5-3-13)26-10-11-27-17/h12-13,18H,2-11H2,1H3,(H,21,22). The minimum Gasteiger partial charge on any atom is -0.473 e. The zero-order chi connectivity index (χ0) is 19.1. The number of aromatic nitrogens is 2. The first-order valence-corrected chi connectivity index (χ1v) is 9.18. The van der Waals surface area contributed by atoms with Gasteiger partial charge in [0.2, 0.25) is 0 Å². The highest BCUT2D eigenvalue weighted by atomic mass is 16.7. The Morgan fingerprint density at radius 1 is 1.30 bits per heavy atom. The number of nitrogens with zero attached hydrogens (tertiary/aromatic N) is 2. The number of amides is 1. The quantitative estimate of drug-likeness (QED) is 0.620. The number of carbonyl (C=O) groups is 1. The molecule has 0 aromatic carbocycles. The molecule has 27 heavy (non-hydrogen) atoms. The third-order valence-electron chi connectivity index (χ3n) is 4.74. The number of methoxy groups -OCH3 is 1. The molecule has 1 aromatic heterocycles. The molecule has 2 heterocycles. The van der Waals surface area contributed by atoms with E-state index in [-0.39, 0.29) is 18.5 Å². The summed E-state index contributed by atoms with van der Waals surface area (Å²) in [5.74, 6) is -0.189. The Kier molecular flexibility index (Phi) is 6.89. The molecule has 1 spiro atoms. The van der Waals surface area contributed by atoms with Gasteiger partial charge < -0.3 is 28.8 Å². The Labute approximate surface area is 157 Å². The second-order valence-electron chi connectivity index (χ2n) is 6.55. The van der Waals surface area contributed by atoms with Crippen LogP contribution < -0.4 is 10.1 Å². The summed E-state index contributed by atoms with van der Waals surface area (Å²) in [5, 5.41) is 15.8. The van der Waals surface area contributed by atoms with Gasteiger partial charge in [-0.1, -0.05) is 0 Å². The van der Waals surface area contributed by atoms with E-state index in [1.54, 1.807) is 18.0 Å². The maximum absolute atomic E-state index is 11.0. The molecule has 10 heteroatoms. The lowest BCUT2D eigenvalue weighted by Crippen LogP contribution is -2.35. The number of rotatable bonds is 9. The van der Waals surface area contributed by atoms with Crippen LogP contribution in [0.3, 0.4) is 0 Å². The van der Waals surface area contributed by atoms with Crippen LogP contribution in [0, 0.1) is 0 Å². The van der Waals surface area contributed by atoms with Crippen molar-refractivity contribution >= 4 is 11.8 Å². The van der Waals surface area contributed by atoms with E-state index in [4.69, 9.17) is 28.8 Å². The predicted molar refractivity (Wildman–Crippen MR) is 94.2 cm³/mol. The molecular formula is C17H27N3O7. The van der Waals surface area contributed by atoms with Gasteiger partial charge in [-0.15, -0.1) is 5.10 Å². The first-order chi connectivity index (χ1) is 13.1. The van der Waals surface area contributed by atoms with Gasteiger partial charge in [-0.05, 0) is 12.8 Å². The van der Waals surface area contributed by atoms with Crippen molar-refractivity contribution in [3.8, 4) is 5.88 Å². The van der Waals surface area contributed by atoms with Gasteiger partial charge in [0.1, 0.15) is 12.3 Å². The molecule has 0 unspecified atom stereocenters. The zero-order valence-electron chi connectivity index (χ0n) is 15.5. The number of ether oxygens (including phenoxy) is 5. The molecule has 1 saturated carbocycles. The number of hydrogen-bond donors (Lipinski definition) is 2. The van der Waals surface area contributed by atoms with E-state index in [1.165, 1.54) is 0 Å². The van der Waals surface area contributed by atoms with Crippen molar-refractivity contribution in [2.45, 2.75) is 37.5 Å². The summed E-state index contributed by atoms with van der Waals surface area (Å²) >= 11 is 0. The molecule has 152 valence electrons. The van der Waals surface area contributed by atoms with Crippen molar-refractivity contribution in [2.24, 2.45) is 0 Å². The van der Waals surface area contributed by atoms with Gasteiger partial charge in [0, 0.05) is 20.0 Å². The highest BCUT2D eigenvalue weighted by Crippen LogP contribution is 2.40. The van der Waals surface area contributed by atoms with E-state index in [0.29, 0.717) is 38.7 Å². The lowest BCUT2D eigenvalue weighted by atomic mass is 9.90. The smallest absolute Gasteiger partial charge is 0.409 e. The maximum atomic E-state index is 11.0. The van der Waals surface area contributed by atoms with Crippen molar-refractivity contribution in [1.82, 2.24) is 9.78 Å². The van der Waals surface area contributed by atoms with E-state index >= 15 is 0 Å². The van der Waals surface area contributed by atoms with Crippen LogP contribution in [0.1, 0.15) is 31.7 Å². The van der Waals surface area contributed by atoms with Crippen molar-refractivity contribution in [3.63, 3.8) is 0 Å². The molecule has 2 aliphatic rings. The maximum Gasteiger partial charge on any atom is 0.409 e. The van der Waals surface area contributed by atoms with Gasteiger partial charge in [0.05, 0.1) is 45.3 Å². The molecule has 1 amide bonds. The lowest BCUT2D eigenvalue weighted by molar-refractivity contribution is -0.181. The summed E-state index contributed by atoms with van der Waals surface area (Å²) in [7, 11) is 1.61. The third-order valence-corrected chi connectivity index (χ3v) is 4.74. The van der Waals surface area contributed by atoms with Gasteiger partial charge in [0.25, 0.3) is 5.88 Å². The zero-order valence-corrected chi connectivity index (χ0v) is 15.5. The fourth-order valence-electron chi connectivity index (χ4n) is 3.40. The monoisotopic (exact) mass is 385 g/mol. The minimum atomic E-state index is -1.16. The Hall–Kier alpha value is -1.88. The summed E-state index contributed by atoms with van der Waals surface area (Å²) in [6.07, 6.45) is 3.78. The van der Waals surface area contributed by atoms with Crippen molar-refractivity contribution < 1.29 is 33.6 Å². The number of nitrogens with one attached hydrogen (secondary N) is 1. The first-order valence-electron chi connectivity index (χ1n) is 9.18. The molecule has 1 aromatic rings. The number of anilines is 1. The van der Waals surface area contributed by atoms with Gasteiger partial charge in [-0.3, -0.25) is 10.00 Å². The highest BCUT2D eigenvalue weighted by molar-refractivity contribution is 5.84. The molecule has 0 bridgehead atoms. The van der Waals surface area contributed by atoms with Crippen LogP contribution >= 0.6 is 0 Å². The molecule has 0 atom stereocenters. The molecule has 1 aliphatic carbocycles. The summed E-state index contributed by atoms with van der Waals surface area (Å²) in [6, 6.07) is 0.146. The van der Waals surface area contributed by atoms with E-state index in [2.05, 4.69) is 10.4 Å². The van der Waals surface area contributed by atoms with Gasteiger partial charge in [-0.2, -0.15) is 0 Å². The third kappa shape index (κ3) is 5.32. The van der Waals surface area contributed by atoms with Crippen molar-refractivity contribution in [3.05, 3.63) is 6.20 Å². The van der Waals surface area contributed by atoms with Crippen molar-refractivity contribution in [1.29, 1.82) is 0 Å². The number of carboxylic acid groups (broad SMARTS) is 1.